The van der Waals surface area contributed by atoms with Gasteiger partial charge in [-0.15, -0.1) is 4.83 Å². The zero-order valence-corrected chi connectivity index (χ0v) is 13.4. The van der Waals surface area contributed by atoms with Crippen molar-refractivity contribution in [2.75, 3.05) is 0 Å². The molecule has 0 aliphatic carbocycles. The molecule has 116 valence electrons. The molecule has 2 aromatic rings. The summed E-state index contributed by atoms with van der Waals surface area (Å²) in [5, 5.41) is 0.394. The van der Waals surface area contributed by atoms with Crippen LogP contribution in [0.1, 0.15) is 22.8 Å². The molecule has 0 unspecified atom stereocenters. The SMILES string of the molecule is CCc1ccc(S(=O)(=O)NNC(=O)c2cccc(Cl)c2)cc1. The minimum Gasteiger partial charge on any atom is -0.273 e. The van der Waals surface area contributed by atoms with Crippen molar-refractivity contribution in [3.05, 3.63) is 64.7 Å². The number of carbonyl (C=O) groups excluding carboxylic acids is 1. The summed E-state index contributed by atoms with van der Waals surface area (Å²) in [7, 11) is -3.81. The summed E-state index contributed by atoms with van der Waals surface area (Å²) in [5.41, 5.74) is 3.45. The first-order valence-electron chi connectivity index (χ1n) is 6.59. The monoisotopic (exact) mass is 338 g/mol. The second kappa shape index (κ2) is 6.91. The fraction of sp³-hybridized carbons (Fsp3) is 0.133. The summed E-state index contributed by atoms with van der Waals surface area (Å²) in [5.74, 6) is -0.587. The Hall–Kier alpha value is -1.89. The van der Waals surface area contributed by atoms with Crippen LogP contribution in [0.25, 0.3) is 0 Å². The number of hydrogen-bond acceptors (Lipinski definition) is 3. The fourth-order valence-electron chi connectivity index (χ4n) is 1.78. The molecule has 0 bridgehead atoms. The maximum Gasteiger partial charge on any atom is 0.266 e. The van der Waals surface area contributed by atoms with Gasteiger partial charge in [0.2, 0.25) is 0 Å². The average molecular weight is 339 g/mol. The molecule has 0 heterocycles. The van der Waals surface area contributed by atoms with Crippen LogP contribution in [0.5, 0.6) is 0 Å². The summed E-state index contributed by atoms with van der Waals surface area (Å²) in [6, 6.07) is 12.7. The van der Waals surface area contributed by atoms with Gasteiger partial charge >= 0.3 is 0 Å². The first kappa shape index (κ1) is 16.5. The molecule has 0 aliphatic heterocycles. The number of nitrogens with one attached hydrogen (secondary N) is 2. The Labute approximate surface area is 134 Å². The minimum atomic E-state index is -3.81. The topological polar surface area (TPSA) is 75.3 Å². The summed E-state index contributed by atoms with van der Waals surface area (Å²) < 4.78 is 24.2. The van der Waals surface area contributed by atoms with Gasteiger partial charge in [-0.2, -0.15) is 0 Å². The lowest BCUT2D eigenvalue weighted by molar-refractivity contribution is 0.0945. The van der Waals surface area contributed by atoms with Crippen LogP contribution in [0.3, 0.4) is 0 Å². The number of hydrazine groups is 1. The number of halogens is 1. The molecule has 0 atom stereocenters. The highest BCUT2D eigenvalue weighted by molar-refractivity contribution is 7.89. The molecule has 22 heavy (non-hydrogen) atoms. The van der Waals surface area contributed by atoms with Crippen molar-refractivity contribution in [2.45, 2.75) is 18.2 Å². The zero-order chi connectivity index (χ0) is 16.2. The Bertz CT molecular complexity index is 774. The van der Waals surface area contributed by atoms with Gasteiger partial charge in [0.15, 0.2) is 0 Å². The van der Waals surface area contributed by atoms with Crippen molar-refractivity contribution in [2.24, 2.45) is 0 Å². The van der Waals surface area contributed by atoms with E-state index in [0.29, 0.717) is 5.02 Å². The third kappa shape index (κ3) is 4.07. The van der Waals surface area contributed by atoms with Crippen LogP contribution in [-0.4, -0.2) is 14.3 Å². The molecule has 2 N–H and O–H groups in total. The van der Waals surface area contributed by atoms with Crippen LogP contribution in [0.4, 0.5) is 0 Å². The lowest BCUT2D eigenvalue weighted by Gasteiger charge is -2.09. The minimum absolute atomic E-state index is 0.0797. The zero-order valence-electron chi connectivity index (χ0n) is 11.8. The van der Waals surface area contributed by atoms with Gasteiger partial charge in [0.05, 0.1) is 4.90 Å². The van der Waals surface area contributed by atoms with Crippen LogP contribution < -0.4 is 10.3 Å². The highest BCUT2D eigenvalue weighted by Gasteiger charge is 2.15. The molecular formula is C15H15ClN2O3S. The van der Waals surface area contributed by atoms with Gasteiger partial charge < -0.3 is 0 Å². The third-order valence-electron chi connectivity index (χ3n) is 3.03. The highest BCUT2D eigenvalue weighted by Crippen LogP contribution is 2.12. The van der Waals surface area contributed by atoms with E-state index < -0.39 is 15.9 Å². The van der Waals surface area contributed by atoms with Gasteiger partial charge in [-0.25, -0.2) is 8.42 Å². The molecule has 0 fully saturated rings. The van der Waals surface area contributed by atoms with Gasteiger partial charge in [0.1, 0.15) is 0 Å². The van der Waals surface area contributed by atoms with Gasteiger partial charge in [0, 0.05) is 10.6 Å². The molecule has 7 heteroatoms. The van der Waals surface area contributed by atoms with Crippen molar-refractivity contribution in [3.63, 3.8) is 0 Å². The van der Waals surface area contributed by atoms with E-state index in [1.54, 1.807) is 24.3 Å². The number of aryl methyl sites for hydroxylation is 1. The van der Waals surface area contributed by atoms with Gasteiger partial charge in [-0.3, -0.25) is 10.2 Å². The molecule has 0 spiro atoms. The van der Waals surface area contributed by atoms with Crippen molar-refractivity contribution in [3.8, 4) is 0 Å². The van der Waals surface area contributed by atoms with E-state index >= 15 is 0 Å². The van der Waals surface area contributed by atoms with Crippen molar-refractivity contribution < 1.29 is 13.2 Å². The second-order valence-electron chi connectivity index (χ2n) is 4.57. The number of hydrogen-bond donors (Lipinski definition) is 2. The molecular weight excluding hydrogens is 324 g/mol. The third-order valence-corrected chi connectivity index (χ3v) is 4.53. The van der Waals surface area contributed by atoms with Crippen LogP contribution in [0, 0.1) is 0 Å². The lowest BCUT2D eigenvalue weighted by Crippen LogP contribution is -2.41. The van der Waals surface area contributed by atoms with Crippen molar-refractivity contribution in [1.29, 1.82) is 0 Å². The van der Waals surface area contributed by atoms with E-state index in [1.165, 1.54) is 24.3 Å². The average Bonchev–Trinajstić information content (AvgIpc) is 2.52. The Morgan fingerprint density at radius 1 is 1.14 bits per heavy atom. The van der Waals surface area contributed by atoms with E-state index in [9.17, 15) is 13.2 Å². The lowest BCUT2D eigenvalue weighted by atomic mass is 10.2. The Kier molecular flexibility index (Phi) is 5.18. The van der Waals surface area contributed by atoms with Gasteiger partial charge in [0.25, 0.3) is 15.9 Å². The van der Waals surface area contributed by atoms with E-state index in [1.807, 2.05) is 6.92 Å². The molecule has 0 saturated carbocycles. The predicted molar refractivity (Wildman–Crippen MR) is 85.1 cm³/mol. The number of amides is 1. The largest absolute Gasteiger partial charge is 0.273 e. The molecule has 0 aliphatic rings. The summed E-state index contributed by atoms with van der Waals surface area (Å²) in [6.45, 7) is 1.98. The second-order valence-corrected chi connectivity index (χ2v) is 6.69. The Morgan fingerprint density at radius 3 is 2.41 bits per heavy atom. The summed E-state index contributed by atoms with van der Waals surface area (Å²) in [6.07, 6.45) is 0.819. The standard InChI is InChI=1S/C15H15ClN2O3S/c1-2-11-6-8-14(9-7-11)22(20,21)18-17-15(19)12-4-3-5-13(16)10-12/h3-10,18H,2H2,1H3,(H,17,19). The maximum atomic E-state index is 12.1. The number of carbonyl (C=O) groups is 1. The van der Waals surface area contributed by atoms with E-state index in [0.717, 1.165) is 12.0 Å². The van der Waals surface area contributed by atoms with Gasteiger partial charge in [-0.1, -0.05) is 36.7 Å². The van der Waals surface area contributed by atoms with Crippen LogP contribution in [0.2, 0.25) is 5.02 Å². The quantitative estimate of drug-likeness (QED) is 0.822. The Balaban J connectivity index is 2.07. The molecule has 1 amide bonds. The number of sulfonamides is 1. The number of rotatable bonds is 5. The predicted octanol–water partition coefficient (Wildman–Crippen LogP) is 2.53. The number of benzene rings is 2. The molecule has 0 saturated heterocycles. The molecule has 0 radical (unpaired) electrons. The molecule has 5 nitrogen and oxygen atoms in total. The Morgan fingerprint density at radius 2 is 1.82 bits per heavy atom. The maximum absolute atomic E-state index is 12.1. The van der Waals surface area contributed by atoms with E-state index in [2.05, 4.69) is 10.3 Å². The van der Waals surface area contributed by atoms with Gasteiger partial charge in [-0.05, 0) is 42.3 Å². The van der Waals surface area contributed by atoms with Crippen molar-refractivity contribution in [1.82, 2.24) is 10.3 Å². The molecule has 2 rings (SSSR count). The van der Waals surface area contributed by atoms with Crippen LogP contribution in [-0.2, 0) is 16.4 Å². The van der Waals surface area contributed by atoms with Crippen LogP contribution >= 0.6 is 11.6 Å². The summed E-state index contributed by atoms with van der Waals surface area (Å²) >= 11 is 5.78. The first-order chi connectivity index (χ1) is 10.4. The smallest absolute Gasteiger partial charge is 0.266 e. The highest BCUT2D eigenvalue weighted by atomic mass is 35.5. The fourth-order valence-corrected chi connectivity index (χ4v) is 2.81. The molecule has 2 aromatic carbocycles. The molecule has 0 aromatic heterocycles. The first-order valence-corrected chi connectivity index (χ1v) is 8.45. The van der Waals surface area contributed by atoms with E-state index in [-0.39, 0.29) is 10.5 Å². The normalized spacial score (nSPS) is 11.2. The summed E-state index contributed by atoms with van der Waals surface area (Å²) in [4.78, 5) is 14.0. The van der Waals surface area contributed by atoms with Crippen molar-refractivity contribution >= 4 is 27.5 Å². The van der Waals surface area contributed by atoms with E-state index in [4.69, 9.17) is 11.6 Å². The van der Waals surface area contributed by atoms with Crippen LogP contribution in [0.15, 0.2) is 53.4 Å².